The molecule has 0 fully saturated rings. The van der Waals surface area contributed by atoms with Crippen molar-refractivity contribution in [1.82, 2.24) is 0 Å². The van der Waals surface area contributed by atoms with Gasteiger partial charge in [-0.15, -0.1) is 0 Å². The second-order valence-corrected chi connectivity index (χ2v) is 8.32. The Morgan fingerprint density at radius 2 is 1.85 bits per heavy atom. The van der Waals surface area contributed by atoms with E-state index < -0.39 is 22.0 Å². The van der Waals surface area contributed by atoms with Gasteiger partial charge in [0.2, 0.25) is 0 Å². The molecule has 1 atom stereocenters. The number of hydrogen-bond donors (Lipinski definition) is 1. The van der Waals surface area contributed by atoms with Crippen LogP contribution in [0.4, 0.5) is 0 Å². The van der Waals surface area contributed by atoms with Gasteiger partial charge in [-0.25, -0.2) is 0 Å². The fraction of sp³-hybridized carbons (Fsp3) is 0.667. The second kappa shape index (κ2) is 4.02. The Labute approximate surface area is 78.2 Å². The van der Waals surface area contributed by atoms with Crippen molar-refractivity contribution in [1.29, 1.82) is 10.5 Å². The van der Waals surface area contributed by atoms with E-state index in [0.29, 0.717) is 0 Å². The quantitative estimate of drug-likeness (QED) is 0.566. The summed E-state index contributed by atoms with van der Waals surface area (Å²) < 4.78 is 30.4. The smallest absolute Gasteiger partial charge is 0.283 e. The predicted octanol–water partition coefficient (Wildman–Crippen LogP) is 1.10. The summed E-state index contributed by atoms with van der Waals surface area (Å²) in [4.78, 5) is 0. The summed E-state index contributed by atoms with van der Waals surface area (Å²) in [6.45, 7) is 2.74. The summed E-state index contributed by atoms with van der Waals surface area (Å²) in [6, 6.07) is 3.23. The zero-order chi connectivity index (χ0) is 10.7. The Kier molecular flexibility index (Phi) is 3.81. The third-order valence-corrected chi connectivity index (χ3v) is 7.37. The molecule has 0 rings (SSSR count). The van der Waals surface area contributed by atoms with Crippen molar-refractivity contribution in [2.45, 2.75) is 19.0 Å². The van der Waals surface area contributed by atoms with E-state index in [9.17, 15) is 8.42 Å². The van der Waals surface area contributed by atoms with E-state index in [4.69, 9.17) is 15.1 Å². The minimum Gasteiger partial charge on any atom is -0.283 e. The summed E-state index contributed by atoms with van der Waals surface area (Å²) in [5, 5.41) is 15.6. The monoisotopic (exact) mass is 220 g/mol. The van der Waals surface area contributed by atoms with Crippen molar-refractivity contribution in [3.63, 3.8) is 0 Å². The lowest BCUT2D eigenvalue weighted by atomic mass is 10.2. The molecule has 0 heterocycles. The average molecular weight is 220 g/mol. The van der Waals surface area contributed by atoms with Crippen molar-refractivity contribution >= 4 is 16.9 Å². The van der Waals surface area contributed by atoms with Crippen LogP contribution in [0.25, 0.3) is 0 Å². The fourth-order valence-corrected chi connectivity index (χ4v) is 5.10. The van der Waals surface area contributed by atoms with Gasteiger partial charge < -0.3 is 0 Å². The standard InChI is InChI=1S/C6H9N2O3PS/c1-3-12(13(9,10)11)6(2,4-7)5-8/h3H2,1-2H3,(H,9,10,11). The van der Waals surface area contributed by atoms with E-state index in [1.54, 1.807) is 12.1 Å². The molecule has 5 nitrogen and oxygen atoms in total. The van der Waals surface area contributed by atoms with Gasteiger partial charge in [-0.3, -0.25) is 4.55 Å². The lowest BCUT2D eigenvalue weighted by Crippen LogP contribution is -2.22. The molecular weight excluding hydrogens is 211 g/mol. The molecule has 0 aromatic heterocycles. The van der Waals surface area contributed by atoms with Gasteiger partial charge in [0, 0.05) is 0 Å². The maximum Gasteiger partial charge on any atom is 0.283 e. The molecule has 0 amide bonds. The lowest BCUT2D eigenvalue weighted by Gasteiger charge is -2.20. The molecule has 0 spiro atoms. The minimum atomic E-state index is -4.28. The van der Waals surface area contributed by atoms with Gasteiger partial charge in [0.05, 0.1) is 19.3 Å². The van der Waals surface area contributed by atoms with E-state index in [2.05, 4.69) is 0 Å². The van der Waals surface area contributed by atoms with Crippen LogP contribution in [-0.4, -0.2) is 24.3 Å². The van der Waals surface area contributed by atoms with Gasteiger partial charge in [-0.1, -0.05) is 6.92 Å². The Bertz CT molecular complexity index is 350. The molecule has 0 saturated heterocycles. The van der Waals surface area contributed by atoms with Gasteiger partial charge in [0.15, 0.2) is 5.16 Å². The van der Waals surface area contributed by atoms with Crippen LogP contribution in [0.2, 0.25) is 0 Å². The maximum absolute atomic E-state index is 10.8. The molecule has 0 aromatic rings. The molecule has 13 heavy (non-hydrogen) atoms. The highest BCUT2D eigenvalue weighted by atomic mass is 32.8. The first kappa shape index (κ1) is 12.3. The highest BCUT2D eigenvalue weighted by Gasteiger charge is 2.41. The highest BCUT2D eigenvalue weighted by molar-refractivity contribution is 8.48. The van der Waals surface area contributed by atoms with E-state index >= 15 is 0 Å². The summed E-state index contributed by atoms with van der Waals surface area (Å²) in [6.07, 6.45) is 0.0891. The minimum absolute atomic E-state index is 0.0891. The first-order chi connectivity index (χ1) is 5.81. The van der Waals surface area contributed by atoms with E-state index in [0.717, 1.165) is 0 Å². The molecule has 0 aliphatic carbocycles. The van der Waals surface area contributed by atoms with E-state index in [1.165, 1.54) is 13.8 Å². The summed E-state index contributed by atoms with van der Waals surface area (Å²) in [5.74, 6) is 0. The van der Waals surface area contributed by atoms with Crippen molar-refractivity contribution in [2.24, 2.45) is 0 Å². The fourth-order valence-electron chi connectivity index (χ4n) is 0.847. The van der Waals surface area contributed by atoms with Crippen LogP contribution >= 0.6 is 7.12 Å². The third kappa shape index (κ3) is 2.63. The van der Waals surface area contributed by atoms with Crippen molar-refractivity contribution in [3.8, 4) is 12.1 Å². The third-order valence-electron chi connectivity index (χ3n) is 1.50. The molecule has 0 radical (unpaired) electrons. The zero-order valence-corrected chi connectivity index (χ0v) is 8.93. The summed E-state index contributed by atoms with van der Waals surface area (Å²) in [7, 11) is -6.32. The molecular formula is C6H9N2O3PS. The lowest BCUT2D eigenvalue weighted by molar-refractivity contribution is 0.501. The van der Waals surface area contributed by atoms with Gasteiger partial charge in [-0.2, -0.15) is 18.9 Å². The number of nitrogens with zero attached hydrogens (tertiary/aromatic N) is 2. The summed E-state index contributed by atoms with van der Waals surface area (Å²) in [5.41, 5.74) is 0. The van der Waals surface area contributed by atoms with Crippen LogP contribution in [-0.2, 0) is 9.74 Å². The molecule has 0 aliphatic heterocycles. The van der Waals surface area contributed by atoms with Gasteiger partial charge in [-0.05, 0) is 13.1 Å². The van der Waals surface area contributed by atoms with Gasteiger partial charge in [0.1, 0.15) is 0 Å². The van der Waals surface area contributed by atoms with Crippen LogP contribution in [0.1, 0.15) is 13.8 Å². The van der Waals surface area contributed by atoms with Crippen LogP contribution in [0.15, 0.2) is 0 Å². The van der Waals surface area contributed by atoms with Crippen LogP contribution < -0.4 is 0 Å². The van der Waals surface area contributed by atoms with Gasteiger partial charge >= 0.3 is 0 Å². The summed E-state index contributed by atoms with van der Waals surface area (Å²) >= 11 is 0. The Morgan fingerprint density at radius 3 is 1.92 bits per heavy atom. The first-order valence-electron chi connectivity index (χ1n) is 3.39. The van der Waals surface area contributed by atoms with Crippen molar-refractivity contribution < 1.29 is 13.0 Å². The Balaban J connectivity index is 5.28. The topological polar surface area (TPSA) is 102 Å². The number of nitriles is 2. The van der Waals surface area contributed by atoms with Crippen LogP contribution in [0.5, 0.6) is 0 Å². The highest BCUT2D eigenvalue weighted by Crippen LogP contribution is 2.53. The molecule has 72 valence electrons. The molecule has 7 heteroatoms. The second-order valence-electron chi connectivity index (χ2n) is 2.44. The molecule has 0 aliphatic rings. The van der Waals surface area contributed by atoms with Crippen molar-refractivity contribution in [3.05, 3.63) is 0 Å². The molecule has 1 unspecified atom stereocenters. The maximum atomic E-state index is 10.8. The molecule has 0 bridgehead atoms. The SMILES string of the molecule is CCP(C(C)(C#N)C#N)S(=O)(=O)O. The van der Waals surface area contributed by atoms with E-state index in [1.807, 2.05) is 0 Å². The largest absolute Gasteiger partial charge is 0.283 e. The molecule has 1 N–H and O–H groups in total. The average Bonchev–Trinajstić information content (AvgIpc) is 2.02. The Morgan fingerprint density at radius 1 is 1.46 bits per heavy atom. The number of hydrogen-bond acceptors (Lipinski definition) is 4. The van der Waals surface area contributed by atoms with E-state index in [-0.39, 0.29) is 6.16 Å². The Hall–Kier alpha value is -0.680. The first-order valence-corrected chi connectivity index (χ1v) is 6.96. The molecule has 0 saturated carbocycles. The van der Waals surface area contributed by atoms with Crippen LogP contribution in [0, 0.1) is 22.7 Å². The van der Waals surface area contributed by atoms with Crippen molar-refractivity contribution in [2.75, 3.05) is 6.16 Å². The number of rotatable bonds is 3. The van der Waals surface area contributed by atoms with Crippen LogP contribution in [0.3, 0.4) is 0 Å². The predicted molar refractivity (Wildman–Crippen MR) is 48.6 cm³/mol. The zero-order valence-electron chi connectivity index (χ0n) is 7.22. The molecule has 0 aromatic carbocycles. The normalized spacial score (nSPS) is 14.2. The van der Waals surface area contributed by atoms with Gasteiger partial charge in [0.25, 0.3) is 9.74 Å².